The Balaban J connectivity index is 1.59. The molecule has 38 heavy (non-hydrogen) atoms. The van der Waals surface area contributed by atoms with Crippen molar-refractivity contribution >= 4 is 45.7 Å². The number of aromatic nitrogens is 1. The molecule has 2 amide bonds. The van der Waals surface area contributed by atoms with Gasteiger partial charge in [-0.25, -0.2) is 10.4 Å². The van der Waals surface area contributed by atoms with Gasteiger partial charge in [0.05, 0.1) is 27.5 Å². The number of alkyl halides is 3. The second-order valence-electron chi connectivity index (χ2n) is 8.41. The van der Waals surface area contributed by atoms with Crippen LogP contribution in [0.2, 0.25) is 5.02 Å². The molecule has 6 nitrogen and oxygen atoms in total. The summed E-state index contributed by atoms with van der Waals surface area (Å²) in [6.45, 7) is 3.69. The van der Waals surface area contributed by atoms with E-state index in [1.165, 1.54) is 29.8 Å². The van der Waals surface area contributed by atoms with Crippen LogP contribution in [-0.2, 0) is 11.2 Å². The molecule has 0 radical (unpaired) electrons. The molecule has 0 unspecified atom stereocenters. The van der Waals surface area contributed by atoms with E-state index in [1.54, 1.807) is 36.5 Å². The van der Waals surface area contributed by atoms with Crippen LogP contribution in [0.3, 0.4) is 0 Å². The second-order valence-corrected chi connectivity index (χ2v) is 8.82. The zero-order valence-electron chi connectivity index (χ0n) is 20.4. The van der Waals surface area contributed by atoms with E-state index in [2.05, 4.69) is 22.4 Å². The van der Waals surface area contributed by atoms with Gasteiger partial charge in [0.15, 0.2) is 0 Å². The molecule has 4 rings (SSSR count). The van der Waals surface area contributed by atoms with Gasteiger partial charge in [0.25, 0.3) is 5.91 Å². The quantitative estimate of drug-likeness (QED) is 0.210. The predicted octanol–water partition coefficient (Wildman–Crippen LogP) is 6.77. The zero-order chi connectivity index (χ0) is 27.4. The number of benzene rings is 3. The number of anilines is 1. The van der Waals surface area contributed by atoms with Gasteiger partial charge in [0, 0.05) is 16.6 Å². The molecule has 0 spiro atoms. The molecule has 0 aliphatic carbocycles. The number of rotatable bonds is 6. The van der Waals surface area contributed by atoms with Crippen molar-refractivity contribution in [1.29, 1.82) is 0 Å². The van der Waals surface area contributed by atoms with Crippen molar-refractivity contribution in [2.45, 2.75) is 26.4 Å². The minimum Gasteiger partial charge on any atom is -0.318 e. The molecule has 194 valence electrons. The molecule has 0 atom stereocenters. The van der Waals surface area contributed by atoms with E-state index in [0.717, 1.165) is 12.0 Å². The first-order valence-corrected chi connectivity index (χ1v) is 12.0. The monoisotopic (exact) mass is 538 g/mol. The summed E-state index contributed by atoms with van der Waals surface area (Å²) in [4.78, 5) is 29.0. The summed E-state index contributed by atoms with van der Waals surface area (Å²) in [7, 11) is 0. The fraction of sp³-hybridized carbons (Fsp3) is 0.143. The summed E-state index contributed by atoms with van der Waals surface area (Å²) in [6, 6.07) is 20.3. The number of amides is 2. The van der Waals surface area contributed by atoms with Gasteiger partial charge in [-0.3, -0.25) is 9.59 Å². The Morgan fingerprint density at radius 3 is 2.32 bits per heavy atom. The summed E-state index contributed by atoms with van der Waals surface area (Å²) in [5.41, 5.74) is 6.84. The molecule has 0 saturated heterocycles. The summed E-state index contributed by atoms with van der Waals surface area (Å²) in [5.74, 6) is -2.55. The highest BCUT2D eigenvalue weighted by Crippen LogP contribution is 2.29. The number of nitrogens with zero attached hydrogens (tertiary/aromatic N) is 2. The molecular weight excluding hydrogens is 517 g/mol. The lowest BCUT2D eigenvalue weighted by Crippen LogP contribution is -2.29. The molecule has 3 aromatic carbocycles. The Kier molecular flexibility index (Phi) is 7.78. The van der Waals surface area contributed by atoms with E-state index in [4.69, 9.17) is 11.6 Å². The topological polar surface area (TPSA) is 83.5 Å². The highest BCUT2D eigenvalue weighted by Gasteiger charge is 2.38. The Bertz CT molecular complexity index is 1530. The summed E-state index contributed by atoms with van der Waals surface area (Å²) >= 11 is 6.41. The van der Waals surface area contributed by atoms with Crippen molar-refractivity contribution in [3.8, 4) is 11.3 Å². The van der Waals surface area contributed by atoms with Crippen LogP contribution in [0.4, 0.5) is 18.9 Å². The van der Waals surface area contributed by atoms with Gasteiger partial charge < -0.3 is 5.32 Å². The first-order valence-electron chi connectivity index (χ1n) is 11.6. The molecule has 4 aromatic rings. The molecule has 0 saturated carbocycles. The van der Waals surface area contributed by atoms with E-state index in [9.17, 15) is 22.8 Å². The van der Waals surface area contributed by atoms with Gasteiger partial charge in [-0.2, -0.15) is 18.3 Å². The van der Waals surface area contributed by atoms with Crippen LogP contribution in [0.5, 0.6) is 0 Å². The standard InChI is InChI=1S/C28H22ClF3N4O2/c1-3-17-7-9-19(10-8-17)24-15-22(21-5-4-6-23(29)25(21)34-24)26(37)36-35-16(2)18-11-13-20(14-12-18)33-27(38)28(30,31)32/h4-15H,3H2,1-2H3,(H,33,38)(H,36,37). The van der Waals surface area contributed by atoms with Crippen molar-refractivity contribution in [3.63, 3.8) is 0 Å². The Labute approximate surface area is 221 Å². The van der Waals surface area contributed by atoms with E-state index < -0.39 is 18.0 Å². The summed E-state index contributed by atoms with van der Waals surface area (Å²) < 4.78 is 37.3. The van der Waals surface area contributed by atoms with E-state index in [-0.39, 0.29) is 5.69 Å². The maximum Gasteiger partial charge on any atom is 0.471 e. The third-order valence-corrected chi connectivity index (χ3v) is 6.14. The maximum atomic E-state index is 13.2. The molecule has 1 heterocycles. The minimum absolute atomic E-state index is 0.0208. The highest BCUT2D eigenvalue weighted by atomic mass is 35.5. The molecule has 0 bridgehead atoms. The lowest BCUT2D eigenvalue weighted by molar-refractivity contribution is -0.167. The first-order chi connectivity index (χ1) is 18.1. The predicted molar refractivity (Wildman–Crippen MR) is 142 cm³/mol. The lowest BCUT2D eigenvalue weighted by Gasteiger charge is -2.11. The number of aryl methyl sites for hydroxylation is 1. The number of pyridine rings is 1. The van der Waals surface area contributed by atoms with Crippen molar-refractivity contribution in [2.75, 3.05) is 5.32 Å². The third kappa shape index (κ3) is 6.00. The number of hydrogen-bond donors (Lipinski definition) is 2. The van der Waals surface area contributed by atoms with Gasteiger partial charge in [0.1, 0.15) is 0 Å². The van der Waals surface area contributed by atoms with Gasteiger partial charge >= 0.3 is 12.1 Å². The van der Waals surface area contributed by atoms with Crippen molar-refractivity contribution in [2.24, 2.45) is 5.10 Å². The van der Waals surface area contributed by atoms with Crippen molar-refractivity contribution < 1.29 is 22.8 Å². The second kappa shape index (κ2) is 11.0. The molecule has 0 fully saturated rings. The average molecular weight is 539 g/mol. The summed E-state index contributed by atoms with van der Waals surface area (Å²) in [6.07, 6.45) is -4.09. The summed E-state index contributed by atoms with van der Waals surface area (Å²) in [5, 5.41) is 6.89. The van der Waals surface area contributed by atoms with Gasteiger partial charge in [-0.15, -0.1) is 0 Å². The van der Waals surface area contributed by atoms with Crippen LogP contribution >= 0.6 is 11.6 Å². The maximum absolute atomic E-state index is 13.2. The molecule has 0 aliphatic heterocycles. The van der Waals surface area contributed by atoms with E-state index >= 15 is 0 Å². The number of para-hydroxylation sites is 1. The molecule has 1 aromatic heterocycles. The third-order valence-electron chi connectivity index (χ3n) is 5.84. The Hall–Kier alpha value is -4.24. The van der Waals surface area contributed by atoms with Gasteiger partial charge in [-0.1, -0.05) is 67.1 Å². The van der Waals surface area contributed by atoms with E-state index in [0.29, 0.717) is 38.5 Å². The Morgan fingerprint density at radius 2 is 1.68 bits per heavy atom. The molecular formula is C28H22ClF3N4O2. The number of hydrazone groups is 1. The molecule has 10 heteroatoms. The number of carbonyl (C=O) groups is 2. The van der Waals surface area contributed by atoms with Crippen LogP contribution in [-0.4, -0.2) is 28.7 Å². The number of fused-ring (bicyclic) bond motifs is 1. The van der Waals surface area contributed by atoms with Crippen LogP contribution in [0.15, 0.2) is 77.9 Å². The van der Waals surface area contributed by atoms with Crippen LogP contribution in [0.25, 0.3) is 22.2 Å². The van der Waals surface area contributed by atoms with Crippen LogP contribution < -0.4 is 10.7 Å². The smallest absolute Gasteiger partial charge is 0.318 e. The van der Waals surface area contributed by atoms with Crippen molar-refractivity contribution in [1.82, 2.24) is 10.4 Å². The SMILES string of the molecule is CCc1ccc(-c2cc(C(=O)NN=C(C)c3ccc(NC(=O)C(F)(F)F)cc3)c3cccc(Cl)c3n2)cc1. The van der Waals surface area contributed by atoms with Crippen LogP contribution in [0, 0.1) is 0 Å². The fourth-order valence-electron chi connectivity index (χ4n) is 3.72. The van der Waals surface area contributed by atoms with E-state index in [1.807, 2.05) is 24.3 Å². The lowest BCUT2D eigenvalue weighted by atomic mass is 10.0. The number of nitrogens with one attached hydrogen (secondary N) is 2. The zero-order valence-corrected chi connectivity index (χ0v) is 21.1. The molecule has 2 N–H and O–H groups in total. The van der Waals surface area contributed by atoms with Gasteiger partial charge in [-0.05, 0) is 48.7 Å². The normalized spacial score (nSPS) is 11.9. The largest absolute Gasteiger partial charge is 0.471 e. The first kappa shape index (κ1) is 26.8. The van der Waals surface area contributed by atoms with Crippen LogP contribution in [0.1, 0.15) is 35.3 Å². The average Bonchev–Trinajstić information content (AvgIpc) is 2.91. The van der Waals surface area contributed by atoms with Crippen molar-refractivity contribution in [3.05, 3.63) is 94.5 Å². The Morgan fingerprint density at radius 1 is 1.00 bits per heavy atom. The number of halogens is 4. The molecule has 0 aliphatic rings. The number of carbonyl (C=O) groups excluding carboxylic acids is 2. The number of hydrogen-bond acceptors (Lipinski definition) is 4. The van der Waals surface area contributed by atoms with Gasteiger partial charge in [0.2, 0.25) is 0 Å². The highest BCUT2D eigenvalue weighted by molar-refractivity contribution is 6.35. The minimum atomic E-state index is -4.99. The fourth-order valence-corrected chi connectivity index (χ4v) is 3.93.